The fourth-order valence-electron chi connectivity index (χ4n) is 3.80. The molecule has 0 aromatic heterocycles. The lowest BCUT2D eigenvalue weighted by Crippen LogP contribution is -2.44. The summed E-state index contributed by atoms with van der Waals surface area (Å²) in [5, 5.41) is 2.82. The average molecular weight is 488 g/mol. The Labute approximate surface area is 201 Å². The molecule has 1 aliphatic heterocycles. The molecule has 0 saturated carbocycles. The van der Waals surface area contributed by atoms with Crippen LogP contribution in [-0.4, -0.2) is 50.4 Å². The molecular weight excluding hydrogens is 454 g/mol. The monoisotopic (exact) mass is 487 g/mol. The summed E-state index contributed by atoms with van der Waals surface area (Å²) < 4.78 is 33.4. The van der Waals surface area contributed by atoms with E-state index in [0.29, 0.717) is 30.9 Å². The maximum Gasteiger partial charge on any atom is 0.241 e. The highest BCUT2D eigenvalue weighted by Crippen LogP contribution is 2.22. The first-order valence-corrected chi connectivity index (χ1v) is 12.9. The summed E-state index contributed by atoms with van der Waals surface area (Å²) in [7, 11) is -3.72. The SMILES string of the molecule is CC(C)(C)NS(=O)(=O)c1cccc(NC(=O)C2CCCN(C(=O)CCOc3ccccc3)C2)c1. The number of rotatable bonds is 8. The van der Waals surface area contributed by atoms with E-state index in [1.54, 1.807) is 37.8 Å². The number of ether oxygens (including phenoxy) is 1. The number of carbonyl (C=O) groups excluding carboxylic acids is 2. The molecule has 9 heteroatoms. The van der Waals surface area contributed by atoms with E-state index in [0.717, 1.165) is 6.42 Å². The summed E-state index contributed by atoms with van der Waals surface area (Å²) in [6.45, 7) is 6.51. The number of para-hydroxylation sites is 1. The van der Waals surface area contributed by atoms with Crippen LogP contribution >= 0.6 is 0 Å². The van der Waals surface area contributed by atoms with Crippen molar-refractivity contribution in [1.82, 2.24) is 9.62 Å². The van der Waals surface area contributed by atoms with E-state index >= 15 is 0 Å². The molecule has 1 aliphatic rings. The lowest BCUT2D eigenvalue weighted by molar-refractivity contribution is -0.135. The number of nitrogens with one attached hydrogen (secondary N) is 2. The van der Waals surface area contributed by atoms with Gasteiger partial charge in [0.2, 0.25) is 21.8 Å². The number of benzene rings is 2. The molecule has 0 aliphatic carbocycles. The smallest absolute Gasteiger partial charge is 0.241 e. The minimum absolute atomic E-state index is 0.0465. The van der Waals surface area contributed by atoms with Gasteiger partial charge in [0.25, 0.3) is 0 Å². The van der Waals surface area contributed by atoms with E-state index in [1.807, 2.05) is 30.3 Å². The van der Waals surface area contributed by atoms with Crippen LogP contribution in [0.25, 0.3) is 0 Å². The predicted molar refractivity (Wildman–Crippen MR) is 131 cm³/mol. The molecule has 1 atom stereocenters. The van der Waals surface area contributed by atoms with Crippen LogP contribution in [0.3, 0.4) is 0 Å². The van der Waals surface area contributed by atoms with E-state index in [2.05, 4.69) is 10.0 Å². The summed E-state index contributed by atoms with van der Waals surface area (Å²) in [4.78, 5) is 27.3. The molecule has 8 nitrogen and oxygen atoms in total. The number of hydrogen-bond donors (Lipinski definition) is 2. The zero-order valence-corrected chi connectivity index (χ0v) is 20.7. The van der Waals surface area contributed by atoms with Gasteiger partial charge in [-0.1, -0.05) is 24.3 Å². The molecule has 0 bridgehead atoms. The van der Waals surface area contributed by atoms with Gasteiger partial charge in [-0.2, -0.15) is 0 Å². The minimum atomic E-state index is -3.72. The van der Waals surface area contributed by atoms with Crippen molar-refractivity contribution < 1.29 is 22.7 Å². The fraction of sp³-hybridized carbons (Fsp3) is 0.440. The quantitative estimate of drug-likeness (QED) is 0.594. The standard InChI is InChI=1S/C25H33N3O5S/c1-25(2,3)27-34(31,32)22-13-7-10-20(17-22)26-24(30)19-9-8-15-28(18-19)23(29)14-16-33-21-11-5-4-6-12-21/h4-7,10-13,17,19,27H,8-9,14-16,18H2,1-3H3,(H,26,30). The van der Waals surface area contributed by atoms with Gasteiger partial charge in [-0.25, -0.2) is 13.1 Å². The van der Waals surface area contributed by atoms with Crippen molar-refractivity contribution in [1.29, 1.82) is 0 Å². The average Bonchev–Trinajstić information content (AvgIpc) is 2.78. The van der Waals surface area contributed by atoms with Crippen LogP contribution in [0.4, 0.5) is 5.69 Å². The molecule has 2 aromatic carbocycles. The summed E-state index contributed by atoms with van der Waals surface area (Å²) in [6, 6.07) is 15.5. The van der Waals surface area contributed by atoms with Gasteiger partial charge in [0.15, 0.2) is 0 Å². The molecular formula is C25H33N3O5S. The molecule has 2 N–H and O–H groups in total. The van der Waals surface area contributed by atoms with Crippen LogP contribution in [0.15, 0.2) is 59.5 Å². The van der Waals surface area contributed by atoms with Gasteiger partial charge < -0.3 is 15.0 Å². The van der Waals surface area contributed by atoms with Crippen molar-refractivity contribution in [3.63, 3.8) is 0 Å². The minimum Gasteiger partial charge on any atom is -0.493 e. The molecule has 0 radical (unpaired) electrons. The first-order valence-electron chi connectivity index (χ1n) is 11.4. The van der Waals surface area contributed by atoms with E-state index in [4.69, 9.17) is 4.74 Å². The zero-order chi connectivity index (χ0) is 24.8. The number of anilines is 1. The number of nitrogens with zero attached hydrogens (tertiary/aromatic N) is 1. The normalized spacial score (nSPS) is 16.7. The predicted octanol–water partition coefficient (Wildman–Crippen LogP) is 3.41. The maximum absolute atomic E-state index is 12.9. The highest BCUT2D eigenvalue weighted by molar-refractivity contribution is 7.89. The van der Waals surface area contributed by atoms with Gasteiger partial charge in [-0.15, -0.1) is 0 Å². The van der Waals surface area contributed by atoms with Crippen molar-refractivity contribution in [3.05, 3.63) is 54.6 Å². The summed E-state index contributed by atoms with van der Waals surface area (Å²) in [5.41, 5.74) is -0.219. The van der Waals surface area contributed by atoms with Crippen LogP contribution < -0.4 is 14.8 Å². The van der Waals surface area contributed by atoms with Gasteiger partial charge in [0.1, 0.15) is 5.75 Å². The third kappa shape index (κ3) is 7.56. The number of carbonyl (C=O) groups is 2. The third-order valence-electron chi connectivity index (χ3n) is 5.33. The lowest BCUT2D eigenvalue weighted by atomic mass is 9.96. The van der Waals surface area contributed by atoms with Gasteiger partial charge in [0.05, 0.1) is 23.8 Å². The third-order valence-corrected chi connectivity index (χ3v) is 7.08. The van der Waals surface area contributed by atoms with Crippen LogP contribution in [-0.2, 0) is 19.6 Å². The molecule has 34 heavy (non-hydrogen) atoms. The Kier molecular flexibility index (Phi) is 8.33. The lowest BCUT2D eigenvalue weighted by Gasteiger charge is -2.32. The Morgan fingerprint density at radius 3 is 2.53 bits per heavy atom. The van der Waals surface area contributed by atoms with Crippen molar-refractivity contribution in [3.8, 4) is 5.75 Å². The van der Waals surface area contributed by atoms with E-state index < -0.39 is 15.6 Å². The first-order chi connectivity index (χ1) is 16.0. The van der Waals surface area contributed by atoms with Crippen LogP contribution in [0.5, 0.6) is 5.75 Å². The molecule has 184 valence electrons. The number of amides is 2. The zero-order valence-electron chi connectivity index (χ0n) is 19.9. The first kappa shape index (κ1) is 25.7. The van der Waals surface area contributed by atoms with Crippen molar-refractivity contribution >= 4 is 27.5 Å². The Balaban J connectivity index is 1.55. The van der Waals surface area contributed by atoms with E-state index in [1.165, 1.54) is 12.1 Å². The maximum atomic E-state index is 12.9. The van der Waals surface area contributed by atoms with Crippen LogP contribution in [0.2, 0.25) is 0 Å². The fourth-order valence-corrected chi connectivity index (χ4v) is 5.26. The van der Waals surface area contributed by atoms with Gasteiger partial charge in [-0.3, -0.25) is 9.59 Å². The van der Waals surface area contributed by atoms with Crippen LogP contribution in [0.1, 0.15) is 40.0 Å². The molecule has 1 fully saturated rings. The number of sulfonamides is 1. The molecule has 2 aromatic rings. The summed E-state index contributed by atoms with van der Waals surface area (Å²) in [5.74, 6) is 0.0833. The number of likely N-dealkylation sites (tertiary alicyclic amines) is 1. The Bertz CT molecular complexity index is 1100. The summed E-state index contributed by atoms with van der Waals surface area (Å²) >= 11 is 0. The highest BCUT2D eigenvalue weighted by atomic mass is 32.2. The van der Waals surface area contributed by atoms with Gasteiger partial charge >= 0.3 is 0 Å². The highest BCUT2D eigenvalue weighted by Gasteiger charge is 2.29. The van der Waals surface area contributed by atoms with Crippen molar-refractivity contribution in [2.75, 3.05) is 25.0 Å². The number of piperidine rings is 1. The van der Waals surface area contributed by atoms with E-state index in [-0.39, 0.29) is 35.7 Å². The second kappa shape index (κ2) is 11.0. The summed E-state index contributed by atoms with van der Waals surface area (Å²) in [6.07, 6.45) is 1.64. The van der Waals surface area contributed by atoms with Gasteiger partial charge in [-0.05, 0) is 63.9 Å². The van der Waals surface area contributed by atoms with Crippen LogP contribution in [0, 0.1) is 5.92 Å². The Hall–Kier alpha value is -2.91. The Morgan fingerprint density at radius 2 is 1.82 bits per heavy atom. The van der Waals surface area contributed by atoms with Crippen molar-refractivity contribution in [2.24, 2.45) is 5.92 Å². The molecule has 3 rings (SSSR count). The number of hydrogen-bond acceptors (Lipinski definition) is 5. The second-order valence-corrected chi connectivity index (χ2v) is 11.1. The second-order valence-electron chi connectivity index (χ2n) is 9.46. The topological polar surface area (TPSA) is 105 Å². The molecule has 1 heterocycles. The Morgan fingerprint density at radius 1 is 1.09 bits per heavy atom. The molecule has 1 saturated heterocycles. The van der Waals surface area contributed by atoms with Gasteiger partial charge in [0, 0.05) is 24.3 Å². The largest absolute Gasteiger partial charge is 0.493 e. The molecule has 0 spiro atoms. The van der Waals surface area contributed by atoms with E-state index in [9.17, 15) is 18.0 Å². The molecule has 2 amide bonds. The molecule has 1 unspecified atom stereocenters. The van der Waals surface area contributed by atoms with Crippen molar-refractivity contribution in [2.45, 2.75) is 50.5 Å².